The fourth-order valence-corrected chi connectivity index (χ4v) is 2.31. The lowest BCUT2D eigenvalue weighted by Gasteiger charge is -2.18. The number of likely N-dealkylation sites (tertiary alicyclic amines) is 1. The topological polar surface area (TPSA) is 75.4 Å². The van der Waals surface area contributed by atoms with Gasteiger partial charge in [-0.1, -0.05) is 30.3 Å². The number of nitrogens with one attached hydrogen (secondary N) is 1. The van der Waals surface area contributed by atoms with Gasteiger partial charge in [-0.2, -0.15) is 0 Å². The first-order chi connectivity index (χ1) is 9.13. The molecule has 0 aromatic heterocycles. The number of nitrogens with zero attached hydrogens (tertiary/aromatic N) is 1. The SMILES string of the molecule is CN1CCC(NC(=O)C(CN)c2ccccc2)C1=O. The Balaban J connectivity index is 2.04. The summed E-state index contributed by atoms with van der Waals surface area (Å²) < 4.78 is 0. The van der Waals surface area contributed by atoms with Crippen LogP contribution in [0.3, 0.4) is 0 Å². The molecule has 1 fully saturated rings. The first kappa shape index (κ1) is 13.5. The van der Waals surface area contributed by atoms with E-state index in [0.29, 0.717) is 13.0 Å². The Kier molecular flexibility index (Phi) is 4.16. The van der Waals surface area contributed by atoms with E-state index < -0.39 is 12.0 Å². The van der Waals surface area contributed by atoms with Crippen molar-refractivity contribution in [3.05, 3.63) is 35.9 Å². The minimum absolute atomic E-state index is 0.0304. The number of hydrogen-bond acceptors (Lipinski definition) is 3. The number of rotatable bonds is 4. The lowest BCUT2D eigenvalue weighted by Crippen LogP contribution is -2.44. The highest BCUT2D eigenvalue weighted by Crippen LogP contribution is 2.16. The maximum absolute atomic E-state index is 12.2. The summed E-state index contributed by atoms with van der Waals surface area (Å²) in [5, 5.41) is 2.80. The summed E-state index contributed by atoms with van der Waals surface area (Å²) in [5.41, 5.74) is 6.56. The number of hydrogen-bond donors (Lipinski definition) is 2. The van der Waals surface area contributed by atoms with Crippen LogP contribution in [0, 0.1) is 0 Å². The lowest BCUT2D eigenvalue weighted by atomic mass is 9.98. The van der Waals surface area contributed by atoms with E-state index in [1.54, 1.807) is 11.9 Å². The highest BCUT2D eigenvalue weighted by Gasteiger charge is 2.32. The summed E-state index contributed by atoms with van der Waals surface area (Å²) in [7, 11) is 1.74. The standard InChI is InChI=1S/C14H19N3O2/c1-17-8-7-12(14(17)19)16-13(18)11(9-15)10-5-3-2-4-6-10/h2-6,11-12H,7-9,15H2,1H3,(H,16,18). The number of likely N-dealkylation sites (N-methyl/N-ethyl adjacent to an activating group) is 1. The molecule has 102 valence electrons. The molecular weight excluding hydrogens is 242 g/mol. The van der Waals surface area contributed by atoms with Gasteiger partial charge in [-0.05, 0) is 12.0 Å². The minimum atomic E-state index is -0.407. The summed E-state index contributed by atoms with van der Waals surface area (Å²) in [6, 6.07) is 8.99. The normalized spacial score (nSPS) is 20.4. The van der Waals surface area contributed by atoms with Gasteiger partial charge in [0.05, 0.1) is 5.92 Å². The van der Waals surface area contributed by atoms with Crippen LogP contribution in [-0.2, 0) is 9.59 Å². The second kappa shape index (κ2) is 5.84. The molecule has 1 heterocycles. The third-order valence-electron chi connectivity index (χ3n) is 3.50. The summed E-state index contributed by atoms with van der Waals surface area (Å²) in [4.78, 5) is 25.6. The molecular formula is C14H19N3O2. The minimum Gasteiger partial charge on any atom is -0.344 e. The molecule has 2 atom stereocenters. The number of amides is 2. The Labute approximate surface area is 112 Å². The highest BCUT2D eigenvalue weighted by molar-refractivity contribution is 5.91. The van der Waals surface area contributed by atoms with Crippen molar-refractivity contribution >= 4 is 11.8 Å². The van der Waals surface area contributed by atoms with E-state index in [2.05, 4.69) is 5.32 Å². The monoisotopic (exact) mass is 261 g/mol. The summed E-state index contributed by atoms with van der Waals surface area (Å²) >= 11 is 0. The van der Waals surface area contributed by atoms with Gasteiger partial charge in [0.15, 0.2) is 0 Å². The van der Waals surface area contributed by atoms with Gasteiger partial charge in [0.2, 0.25) is 11.8 Å². The molecule has 5 nitrogen and oxygen atoms in total. The zero-order valence-electron chi connectivity index (χ0n) is 11.0. The van der Waals surface area contributed by atoms with Crippen molar-refractivity contribution in [1.29, 1.82) is 0 Å². The van der Waals surface area contributed by atoms with Gasteiger partial charge in [-0.25, -0.2) is 0 Å². The van der Waals surface area contributed by atoms with Crippen LogP contribution in [0.25, 0.3) is 0 Å². The predicted octanol–water partition coefficient (Wildman–Crippen LogP) is 0.0758. The molecule has 0 saturated carbocycles. The average Bonchev–Trinajstić information content (AvgIpc) is 2.73. The van der Waals surface area contributed by atoms with Crippen molar-refractivity contribution in [1.82, 2.24) is 10.2 Å². The molecule has 1 saturated heterocycles. The molecule has 2 unspecified atom stereocenters. The first-order valence-corrected chi connectivity index (χ1v) is 6.44. The van der Waals surface area contributed by atoms with Gasteiger partial charge in [0, 0.05) is 20.1 Å². The molecule has 1 aliphatic heterocycles. The van der Waals surface area contributed by atoms with Crippen LogP contribution in [0.1, 0.15) is 17.9 Å². The maximum atomic E-state index is 12.2. The van der Waals surface area contributed by atoms with Crippen molar-refractivity contribution in [3.63, 3.8) is 0 Å². The fraction of sp³-hybridized carbons (Fsp3) is 0.429. The molecule has 0 spiro atoms. The number of benzene rings is 1. The van der Waals surface area contributed by atoms with Crippen molar-refractivity contribution in [2.45, 2.75) is 18.4 Å². The van der Waals surface area contributed by atoms with Gasteiger partial charge in [0.1, 0.15) is 6.04 Å². The molecule has 0 bridgehead atoms. The summed E-state index contributed by atoms with van der Waals surface area (Å²) in [5.74, 6) is -0.612. The van der Waals surface area contributed by atoms with Gasteiger partial charge in [0.25, 0.3) is 0 Å². The number of carbonyl (C=O) groups excluding carboxylic acids is 2. The van der Waals surface area contributed by atoms with Crippen LogP contribution in [-0.4, -0.2) is 42.9 Å². The van der Waals surface area contributed by atoms with Crippen LogP contribution in [0.5, 0.6) is 0 Å². The molecule has 1 aromatic rings. The van der Waals surface area contributed by atoms with Gasteiger partial charge < -0.3 is 16.0 Å². The molecule has 0 radical (unpaired) electrons. The molecule has 2 amide bonds. The van der Waals surface area contributed by atoms with E-state index in [-0.39, 0.29) is 18.4 Å². The zero-order chi connectivity index (χ0) is 13.8. The molecule has 1 aliphatic rings. The Morgan fingerprint density at radius 3 is 2.68 bits per heavy atom. The Bertz CT molecular complexity index is 461. The quantitative estimate of drug-likeness (QED) is 0.805. The van der Waals surface area contributed by atoms with Crippen molar-refractivity contribution in [2.75, 3.05) is 20.1 Å². The van der Waals surface area contributed by atoms with Crippen molar-refractivity contribution in [2.24, 2.45) is 5.73 Å². The van der Waals surface area contributed by atoms with Gasteiger partial charge >= 0.3 is 0 Å². The fourth-order valence-electron chi connectivity index (χ4n) is 2.31. The molecule has 0 aliphatic carbocycles. The predicted molar refractivity (Wildman–Crippen MR) is 72.4 cm³/mol. The van der Waals surface area contributed by atoms with Crippen molar-refractivity contribution in [3.8, 4) is 0 Å². The Morgan fingerprint density at radius 2 is 2.16 bits per heavy atom. The van der Waals surface area contributed by atoms with E-state index in [9.17, 15) is 9.59 Å². The van der Waals surface area contributed by atoms with Gasteiger partial charge in [-0.3, -0.25) is 9.59 Å². The van der Waals surface area contributed by atoms with Crippen LogP contribution in [0.15, 0.2) is 30.3 Å². The number of carbonyl (C=O) groups is 2. The van der Waals surface area contributed by atoms with E-state index in [1.165, 1.54) is 0 Å². The zero-order valence-corrected chi connectivity index (χ0v) is 11.0. The second-order valence-corrected chi connectivity index (χ2v) is 4.81. The second-order valence-electron chi connectivity index (χ2n) is 4.81. The number of nitrogens with two attached hydrogens (primary N) is 1. The lowest BCUT2D eigenvalue weighted by molar-refractivity contribution is -0.132. The van der Waals surface area contributed by atoms with Crippen LogP contribution < -0.4 is 11.1 Å². The third-order valence-corrected chi connectivity index (χ3v) is 3.50. The molecule has 5 heteroatoms. The van der Waals surface area contributed by atoms with Crippen LogP contribution in [0.4, 0.5) is 0 Å². The van der Waals surface area contributed by atoms with Crippen LogP contribution in [0.2, 0.25) is 0 Å². The third kappa shape index (κ3) is 2.93. The molecule has 1 aromatic carbocycles. The summed E-state index contributed by atoms with van der Waals surface area (Å²) in [6.45, 7) is 0.912. The van der Waals surface area contributed by atoms with E-state index in [0.717, 1.165) is 5.56 Å². The smallest absolute Gasteiger partial charge is 0.244 e. The highest BCUT2D eigenvalue weighted by atomic mass is 16.2. The van der Waals surface area contributed by atoms with Crippen LogP contribution >= 0.6 is 0 Å². The molecule has 19 heavy (non-hydrogen) atoms. The molecule has 3 N–H and O–H groups in total. The van der Waals surface area contributed by atoms with E-state index in [4.69, 9.17) is 5.73 Å². The molecule has 2 rings (SSSR count). The average molecular weight is 261 g/mol. The van der Waals surface area contributed by atoms with E-state index >= 15 is 0 Å². The first-order valence-electron chi connectivity index (χ1n) is 6.44. The largest absolute Gasteiger partial charge is 0.344 e. The Hall–Kier alpha value is -1.88. The Morgan fingerprint density at radius 1 is 1.47 bits per heavy atom. The van der Waals surface area contributed by atoms with Gasteiger partial charge in [-0.15, -0.1) is 0 Å². The summed E-state index contributed by atoms with van der Waals surface area (Å²) in [6.07, 6.45) is 0.660. The maximum Gasteiger partial charge on any atom is 0.244 e. The van der Waals surface area contributed by atoms with Crippen molar-refractivity contribution < 1.29 is 9.59 Å². The van der Waals surface area contributed by atoms with E-state index in [1.807, 2.05) is 30.3 Å².